The number of hydrogen-bond acceptors (Lipinski definition) is 3. The van der Waals surface area contributed by atoms with Gasteiger partial charge in [-0.1, -0.05) is 28.1 Å². The van der Waals surface area contributed by atoms with Gasteiger partial charge in [0.1, 0.15) is 0 Å². The van der Waals surface area contributed by atoms with Gasteiger partial charge in [-0.25, -0.2) is 0 Å². The Morgan fingerprint density at radius 3 is 2.61 bits per heavy atom. The van der Waals surface area contributed by atoms with Gasteiger partial charge >= 0.3 is 0 Å². The summed E-state index contributed by atoms with van der Waals surface area (Å²) in [5, 5.41) is 3.67. The molecule has 2 saturated heterocycles. The third kappa shape index (κ3) is 2.11. The van der Waals surface area contributed by atoms with Crippen molar-refractivity contribution in [3.63, 3.8) is 0 Å². The van der Waals surface area contributed by atoms with Crippen LogP contribution in [0.15, 0.2) is 28.7 Å². The van der Waals surface area contributed by atoms with Gasteiger partial charge in [0.2, 0.25) is 0 Å². The number of halogens is 1. The number of nitrogens with one attached hydrogen (secondary N) is 1. The third-order valence-electron chi connectivity index (χ3n) is 4.18. The second-order valence-corrected chi connectivity index (χ2v) is 6.34. The number of rotatable bonds is 2. The van der Waals surface area contributed by atoms with Gasteiger partial charge in [-0.3, -0.25) is 0 Å². The molecule has 0 bridgehead atoms. The van der Waals surface area contributed by atoms with Gasteiger partial charge in [0.15, 0.2) is 0 Å². The molecule has 0 aliphatic carbocycles. The fourth-order valence-electron chi connectivity index (χ4n) is 2.94. The Hall–Kier alpha value is -0.420. The molecular formula is C14H19BrN2O. The van der Waals surface area contributed by atoms with Crippen molar-refractivity contribution in [3.8, 4) is 0 Å². The molecule has 2 aliphatic heterocycles. The number of ether oxygens (including phenoxy) is 1. The molecule has 1 atom stereocenters. The number of piperazine rings is 1. The third-order valence-corrected chi connectivity index (χ3v) is 4.71. The highest BCUT2D eigenvalue weighted by molar-refractivity contribution is 9.10. The van der Waals surface area contributed by atoms with Crippen LogP contribution >= 0.6 is 15.9 Å². The van der Waals surface area contributed by atoms with Crippen molar-refractivity contribution in [1.82, 2.24) is 10.2 Å². The lowest BCUT2D eigenvalue weighted by Gasteiger charge is -2.50. The van der Waals surface area contributed by atoms with Crippen molar-refractivity contribution in [2.24, 2.45) is 0 Å². The van der Waals surface area contributed by atoms with E-state index in [-0.39, 0.29) is 5.41 Å². The summed E-state index contributed by atoms with van der Waals surface area (Å²) in [6.07, 6.45) is 0. The summed E-state index contributed by atoms with van der Waals surface area (Å²) in [5.74, 6) is 0. The van der Waals surface area contributed by atoms with E-state index in [9.17, 15) is 0 Å². The maximum atomic E-state index is 5.54. The topological polar surface area (TPSA) is 24.5 Å². The SMILES string of the molecule is CN1CCNC(C2(c3ccc(Br)cc3)COC2)C1. The van der Waals surface area contributed by atoms with Crippen LogP contribution in [0.4, 0.5) is 0 Å². The number of nitrogens with zero attached hydrogens (tertiary/aromatic N) is 1. The summed E-state index contributed by atoms with van der Waals surface area (Å²) in [5.41, 5.74) is 1.56. The maximum absolute atomic E-state index is 5.54. The molecule has 3 nitrogen and oxygen atoms in total. The average molecular weight is 311 g/mol. The normalized spacial score (nSPS) is 27.8. The standard InChI is InChI=1S/C14H19BrN2O/c1-17-7-6-16-13(8-17)14(9-18-10-14)11-2-4-12(15)5-3-11/h2-5,13,16H,6-10H2,1H3. The van der Waals surface area contributed by atoms with Crippen molar-refractivity contribution in [2.45, 2.75) is 11.5 Å². The minimum atomic E-state index is 0.162. The molecule has 0 saturated carbocycles. The summed E-state index contributed by atoms with van der Waals surface area (Å²) < 4.78 is 6.68. The Morgan fingerprint density at radius 2 is 2.06 bits per heavy atom. The van der Waals surface area contributed by atoms with Gasteiger partial charge in [0, 0.05) is 30.1 Å². The second-order valence-electron chi connectivity index (χ2n) is 5.42. The zero-order chi connectivity index (χ0) is 12.6. The minimum Gasteiger partial charge on any atom is -0.379 e. The first-order valence-corrected chi connectivity index (χ1v) is 7.26. The summed E-state index contributed by atoms with van der Waals surface area (Å²) in [6, 6.07) is 9.20. The predicted molar refractivity (Wildman–Crippen MR) is 75.9 cm³/mol. The molecule has 1 aromatic rings. The molecule has 2 heterocycles. The Balaban J connectivity index is 1.87. The largest absolute Gasteiger partial charge is 0.379 e. The lowest BCUT2D eigenvalue weighted by atomic mass is 9.71. The maximum Gasteiger partial charge on any atom is 0.0601 e. The molecule has 4 heteroatoms. The molecule has 2 fully saturated rings. The molecule has 0 spiro atoms. The fourth-order valence-corrected chi connectivity index (χ4v) is 3.20. The summed E-state index contributed by atoms with van der Waals surface area (Å²) >= 11 is 3.50. The van der Waals surface area contributed by atoms with Gasteiger partial charge in [0.05, 0.1) is 18.6 Å². The van der Waals surface area contributed by atoms with Crippen LogP contribution < -0.4 is 5.32 Å². The summed E-state index contributed by atoms with van der Waals surface area (Å²) in [7, 11) is 2.20. The van der Waals surface area contributed by atoms with Gasteiger partial charge in [0.25, 0.3) is 0 Å². The van der Waals surface area contributed by atoms with E-state index in [1.54, 1.807) is 0 Å². The first-order valence-electron chi connectivity index (χ1n) is 6.46. The Morgan fingerprint density at radius 1 is 1.33 bits per heavy atom. The predicted octanol–water partition coefficient (Wildman–Crippen LogP) is 1.62. The molecule has 3 rings (SSSR count). The van der Waals surface area contributed by atoms with Gasteiger partial charge in [-0.05, 0) is 24.7 Å². The van der Waals surface area contributed by atoms with E-state index >= 15 is 0 Å². The molecule has 0 amide bonds. The highest BCUT2D eigenvalue weighted by Crippen LogP contribution is 2.37. The molecule has 0 aromatic heterocycles. The van der Waals surface area contributed by atoms with E-state index in [2.05, 4.69) is 57.5 Å². The highest BCUT2D eigenvalue weighted by Gasteiger charge is 2.47. The van der Waals surface area contributed by atoms with Crippen molar-refractivity contribution >= 4 is 15.9 Å². The summed E-state index contributed by atoms with van der Waals surface area (Å²) in [6.45, 7) is 4.97. The van der Waals surface area contributed by atoms with Crippen LogP contribution in [0, 0.1) is 0 Å². The minimum absolute atomic E-state index is 0.162. The van der Waals surface area contributed by atoms with E-state index in [0.29, 0.717) is 6.04 Å². The van der Waals surface area contributed by atoms with Crippen molar-refractivity contribution < 1.29 is 4.74 Å². The van der Waals surface area contributed by atoms with Crippen LogP contribution in [0.25, 0.3) is 0 Å². The molecule has 98 valence electrons. The second kappa shape index (κ2) is 4.93. The number of benzene rings is 1. The molecule has 1 unspecified atom stereocenters. The Kier molecular flexibility index (Phi) is 3.45. The first-order chi connectivity index (χ1) is 8.71. The van der Waals surface area contributed by atoms with Crippen LogP contribution in [0.2, 0.25) is 0 Å². The number of hydrogen-bond donors (Lipinski definition) is 1. The van der Waals surface area contributed by atoms with Crippen LogP contribution in [-0.2, 0) is 10.2 Å². The van der Waals surface area contributed by atoms with E-state index in [0.717, 1.165) is 37.3 Å². The molecule has 2 aliphatic rings. The van der Waals surface area contributed by atoms with Crippen LogP contribution in [0.3, 0.4) is 0 Å². The van der Waals surface area contributed by atoms with Crippen molar-refractivity contribution in [3.05, 3.63) is 34.3 Å². The molecule has 1 N–H and O–H groups in total. The molecule has 1 aromatic carbocycles. The lowest BCUT2D eigenvalue weighted by Crippen LogP contribution is -2.66. The molecular weight excluding hydrogens is 292 g/mol. The van der Waals surface area contributed by atoms with Crippen LogP contribution in [0.5, 0.6) is 0 Å². The smallest absolute Gasteiger partial charge is 0.0601 e. The monoisotopic (exact) mass is 310 g/mol. The zero-order valence-electron chi connectivity index (χ0n) is 10.7. The highest BCUT2D eigenvalue weighted by atomic mass is 79.9. The van der Waals surface area contributed by atoms with E-state index in [4.69, 9.17) is 4.74 Å². The molecule has 18 heavy (non-hydrogen) atoms. The van der Waals surface area contributed by atoms with Crippen LogP contribution in [-0.4, -0.2) is 50.8 Å². The van der Waals surface area contributed by atoms with E-state index < -0.39 is 0 Å². The van der Waals surface area contributed by atoms with Gasteiger partial charge < -0.3 is 15.0 Å². The van der Waals surface area contributed by atoms with Gasteiger partial charge in [-0.2, -0.15) is 0 Å². The Bertz CT molecular complexity index is 416. The van der Waals surface area contributed by atoms with Gasteiger partial charge in [-0.15, -0.1) is 0 Å². The quantitative estimate of drug-likeness (QED) is 0.898. The summed E-state index contributed by atoms with van der Waals surface area (Å²) in [4.78, 5) is 2.40. The fraction of sp³-hybridized carbons (Fsp3) is 0.571. The average Bonchev–Trinajstić information content (AvgIpc) is 2.30. The van der Waals surface area contributed by atoms with Crippen molar-refractivity contribution in [2.75, 3.05) is 39.9 Å². The van der Waals surface area contributed by atoms with E-state index in [1.807, 2.05) is 0 Å². The molecule has 0 radical (unpaired) electrons. The zero-order valence-corrected chi connectivity index (χ0v) is 12.2. The van der Waals surface area contributed by atoms with E-state index in [1.165, 1.54) is 5.56 Å². The van der Waals surface area contributed by atoms with Crippen LogP contribution in [0.1, 0.15) is 5.56 Å². The number of likely N-dealkylation sites (N-methyl/N-ethyl adjacent to an activating group) is 1. The van der Waals surface area contributed by atoms with Crippen molar-refractivity contribution in [1.29, 1.82) is 0 Å². The lowest BCUT2D eigenvalue weighted by molar-refractivity contribution is -0.0865. The first kappa shape index (κ1) is 12.6. The Labute approximate surface area is 117 Å².